The van der Waals surface area contributed by atoms with Gasteiger partial charge in [0, 0.05) is 13.0 Å². The molecule has 0 aromatic heterocycles. The van der Waals surface area contributed by atoms with Gasteiger partial charge in [0.25, 0.3) is 4.41 Å². The lowest BCUT2D eigenvalue weighted by Crippen LogP contribution is -2.22. The maximum atomic E-state index is 11.4. The van der Waals surface area contributed by atoms with Crippen LogP contribution in [0.1, 0.15) is 12.0 Å². The Balaban J connectivity index is 2.17. The molecule has 1 N–H and O–H groups in total. The van der Waals surface area contributed by atoms with E-state index < -0.39 is 0 Å². The molecule has 0 bridgehead atoms. The highest BCUT2D eigenvalue weighted by Gasteiger charge is 2.00. The summed E-state index contributed by atoms with van der Waals surface area (Å²) < 4.78 is 1.05. The minimum atomic E-state index is 0.135. The highest BCUT2D eigenvalue weighted by Crippen LogP contribution is 2.03. The first kappa shape index (κ1) is 12.9. The van der Waals surface area contributed by atoms with Crippen LogP contribution < -0.4 is 5.32 Å². The van der Waals surface area contributed by atoms with Gasteiger partial charge in [0.15, 0.2) is 0 Å². The minimum Gasteiger partial charge on any atom is -0.352 e. The van der Waals surface area contributed by atoms with E-state index in [0.29, 0.717) is 13.0 Å². The topological polar surface area (TPSA) is 29.1 Å². The van der Waals surface area contributed by atoms with E-state index in [-0.39, 0.29) is 5.91 Å². The Bertz CT molecular complexity index is 297. The van der Waals surface area contributed by atoms with E-state index in [1.807, 2.05) is 30.3 Å². The van der Waals surface area contributed by atoms with Crippen molar-refractivity contribution in [2.24, 2.45) is 0 Å². The molecule has 0 saturated carbocycles. The molecule has 0 unspecified atom stereocenters. The van der Waals surface area contributed by atoms with E-state index in [0.717, 1.165) is 15.7 Å². The Morgan fingerprint density at radius 3 is 2.80 bits per heavy atom. The second-order valence-corrected chi connectivity index (χ2v) is 5.93. The van der Waals surface area contributed by atoms with Gasteiger partial charge in [-0.15, -0.1) is 22.4 Å². The first-order valence-electron chi connectivity index (χ1n) is 4.77. The zero-order valence-electron chi connectivity index (χ0n) is 8.41. The molecular weight excluding hydrogens is 320 g/mol. The van der Waals surface area contributed by atoms with Crippen molar-refractivity contribution >= 4 is 44.3 Å². The van der Waals surface area contributed by atoms with Crippen molar-refractivity contribution in [1.82, 2.24) is 5.32 Å². The van der Waals surface area contributed by atoms with Gasteiger partial charge in [-0.05, 0) is 11.3 Å². The van der Waals surface area contributed by atoms with Crippen molar-refractivity contribution in [2.45, 2.75) is 13.0 Å². The summed E-state index contributed by atoms with van der Waals surface area (Å²) in [6.45, 7) is 0.634. The first-order valence-corrected chi connectivity index (χ1v) is 7.45. The van der Waals surface area contributed by atoms with Gasteiger partial charge in [0.05, 0.1) is 0 Å². The summed E-state index contributed by atoms with van der Waals surface area (Å²) in [4.78, 5) is 11.4. The second-order valence-electron chi connectivity index (χ2n) is 3.03. The number of hydrogen-bond acceptors (Lipinski definition) is 2. The molecule has 2 nitrogen and oxygen atoms in total. The SMILES string of the molecule is O=C(CCSBI)NCc1ccccc1. The molecule has 0 aliphatic heterocycles. The van der Waals surface area contributed by atoms with E-state index in [2.05, 4.69) is 27.7 Å². The lowest BCUT2D eigenvalue weighted by atomic mass is 10.2. The van der Waals surface area contributed by atoms with Crippen LogP contribution in [0.25, 0.3) is 0 Å². The molecule has 0 aliphatic rings. The first-order chi connectivity index (χ1) is 7.33. The van der Waals surface area contributed by atoms with Crippen molar-refractivity contribution in [3.63, 3.8) is 0 Å². The fourth-order valence-electron chi connectivity index (χ4n) is 1.10. The van der Waals surface area contributed by atoms with Crippen molar-refractivity contribution in [3.05, 3.63) is 35.9 Å². The Hall–Kier alpha value is -0.165. The number of halogens is 1. The van der Waals surface area contributed by atoms with Crippen LogP contribution >= 0.6 is 34.0 Å². The minimum absolute atomic E-state index is 0.135. The number of hydrogen-bond donors (Lipinski definition) is 1. The van der Waals surface area contributed by atoms with Crippen LogP contribution in [-0.4, -0.2) is 16.1 Å². The summed E-state index contributed by atoms with van der Waals surface area (Å²) >= 11 is 4.08. The average molecular weight is 333 g/mol. The molecule has 1 amide bonds. The zero-order valence-corrected chi connectivity index (χ0v) is 11.4. The number of amides is 1. The van der Waals surface area contributed by atoms with Crippen LogP contribution in [0.2, 0.25) is 0 Å². The van der Waals surface area contributed by atoms with E-state index >= 15 is 0 Å². The zero-order chi connectivity index (χ0) is 10.9. The van der Waals surface area contributed by atoms with Crippen molar-refractivity contribution < 1.29 is 4.79 Å². The van der Waals surface area contributed by atoms with Gasteiger partial charge in [-0.3, -0.25) is 4.79 Å². The molecule has 1 rings (SSSR count). The highest BCUT2D eigenvalue weighted by molar-refractivity contribution is 14.1. The maximum absolute atomic E-state index is 11.4. The third kappa shape index (κ3) is 6.09. The third-order valence-electron chi connectivity index (χ3n) is 1.88. The summed E-state index contributed by atoms with van der Waals surface area (Å²) in [7, 11) is 0. The predicted molar refractivity (Wildman–Crippen MR) is 76.5 cm³/mol. The molecule has 1 aromatic carbocycles. The fraction of sp³-hybridized carbons (Fsp3) is 0.300. The lowest BCUT2D eigenvalue weighted by Gasteiger charge is -2.04. The summed E-state index contributed by atoms with van der Waals surface area (Å²) in [6.07, 6.45) is 0.612. The van der Waals surface area contributed by atoms with E-state index in [4.69, 9.17) is 0 Å². The standard InChI is InChI=1S/C10H13BINOS/c12-11-15-7-6-10(14)13-8-9-4-2-1-3-5-9/h1-5,11H,6-8H2,(H,13,14). The van der Waals surface area contributed by atoms with Gasteiger partial charge in [-0.2, -0.15) is 11.6 Å². The number of carbonyl (C=O) groups is 1. The largest absolute Gasteiger partial charge is 0.352 e. The number of rotatable bonds is 6. The normalized spacial score (nSPS) is 9.67. The molecular formula is C10H13BINOS. The molecule has 0 aliphatic carbocycles. The molecule has 0 heterocycles. The second kappa shape index (κ2) is 8.04. The smallest absolute Gasteiger partial charge is 0.264 e. The van der Waals surface area contributed by atoms with Crippen LogP contribution in [0.15, 0.2) is 30.3 Å². The Kier molecular flexibility index (Phi) is 6.92. The summed E-state index contributed by atoms with van der Waals surface area (Å²) in [5.41, 5.74) is 1.15. The number of carbonyl (C=O) groups excluding carboxylic acids is 1. The van der Waals surface area contributed by atoms with Gasteiger partial charge in [-0.25, -0.2) is 0 Å². The molecule has 15 heavy (non-hydrogen) atoms. The number of benzene rings is 1. The van der Waals surface area contributed by atoms with Gasteiger partial charge in [-0.1, -0.05) is 30.3 Å². The fourth-order valence-corrected chi connectivity index (χ4v) is 2.48. The molecule has 0 saturated heterocycles. The van der Waals surface area contributed by atoms with Crippen molar-refractivity contribution in [2.75, 3.05) is 5.75 Å². The van der Waals surface area contributed by atoms with Crippen molar-refractivity contribution in [3.8, 4) is 0 Å². The average Bonchev–Trinajstić information content (AvgIpc) is 2.28. The van der Waals surface area contributed by atoms with Crippen LogP contribution in [0.3, 0.4) is 0 Å². The molecule has 0 atom stereocenters. The molecule has 80 valence electrons. The Morgan fingerprint density at radius 1 is 1.40 bits per heavy atom. The predicted octanol–water partition coefficient (Wildman–Crippen LogP) is 2.13. The van der Waals surface area contributed by atoms with Crippen molar-refractivity contribution in [1.29, 1.82) is 0 Å². The quantitative estimate of drug-likeness (QED) is 0.491. The molecule has 0 spiro atoms. The summed E-state index contributed by atoms with van der Waals surface area (Å²) in [5.74, 6) is 1.04. The van der Waals surface area contributed by atoms with Gasteiger partial charge < -0.3 is 5.32 Å². The van der Waals surface area contributed by atoms with Crippen LogP contribution in [-0.2, 0) is 11.3 Å². The Labute approximate surface area is 109 Å². The summed E-state index contributed by atoms with van der Waals surface area (Å²) in [5, 5.41) is 2.90. The summed E-state index contributed by atoms with van der Waals surface area (Å²) in [6, 6.07) is 9.96. The monoisotopic (exact) mass is 333 g/mol. The third-order valence-corrected chi connectivity index (χ3v) is 3.85. The van der Waals surface area contributed by atoms with Crippen LogP contribution in [0.5, 0.6) is 0 Å². The Morgan fingerprint density at radius 2 is 2.13 bits per heavy atom. The van der Waals surface area contributed by atoms with E-state index in [9.17, 15) is 4.79 Å². The van der Waals surface area contributed by atoms with Gasteiger partial charge in [0.1, 0.15) is 0 Å². The highest BCUT2D eigenvalue weighted by atomic mass is 127. The number of nitrogens with one attached hydrogen (secondary N) is 1. The van der Waals surface area contributed by atoms with Crippen LogP contribution in [0, 0.1) is 0 Å². The van der Waals surface area contributed by atoms with E-state index in [1.54, 1.807) is 11.6 Å². The molecule has 5 heteroatoms. The van der Waals surface area contributed by atoms with Gasteiger partial charge >= 0.3 is 0 Å². The maximum Gasteiger partial charge on any atom is 0.264 e. The molecule has 0 fully saturated rings. The molecule has 1 aromatic rings. The lowest BCUT2D eigenvalue weighted by molar-refractivity contribution is -0.120. The molecule has 0 radical (unpaired) electrons. The van der Waals surface area contributed by atoms with E-state index in [1.165, 1.54) is 0 Å². The van der Waals surface area contributed by atoms with Crippen LogP contribution in [0.4, 0.5) is 0 Å². The van der Waals surface area contributed by atoms with Gasteiger partial charge in [0.2, 0.25) is 5.91 Å².